The normalized spacial score (nSPS) is 14.3. The summed E-state index contributed by atoms with van der Waals surface area (Å²) in [4.78, 5) is 15.9. The van der Waals surface area contributed by atoms with Crippen molar-refractivity contribution < 1.29 is 13.9 Å². The largest absolute Gasteiger partial charge is 0.471 e. The Morgan fingerprint density at radius 3 is 2.61 bits per heavy atom. The second-order valence-corrected chi connectivity index (χ2v) is 6.63. The minimum atomic E-state index is 0.297. The second kappa shape index (κ2) is 8.39. The van der Waals surface area contributed by atoms with Crippen LogP contribution in [0.1, 0.15) is 24.1 Å². The lowest BCUT2D eigenvalue weighted by atomic mass is 10.2. The lowest BCUT2D eigenvalue weighted by Gasteiger charge is -2.27. The molecule has 3 aromatic rings. The number of hydrogen-bond donors (Lipinski definition) is 0. The van der Waals surface area contributed by atoms with Crippen molar-refractivity contribution in [1.29, 1.82) is 0 Å². The van der Waals surface area contributed by atoms with Crippen molar-refractivity contribution in [3.05, 3.63) is 53.5 Å². The maximum atomic E-state index is 5.96. The average Bonchev–Trinajstić information content (AvgIpc) is 3.14. The van der Waals surface area contributed by atoms with E-state index in [0.29, 0.717) is 37.5 Å². The molecule has 0 saturated carbocycles. The second-order valence-electron chi connectivity index (χ2n) is 6.63. The zero-order valence-electron chi connectivity index (χ0n) is 16.2. The third-order valence-corrected chi connectivity index (χ3v) is 4.67. The summed E-state index contributed by atoms with van der Waals surface area (Å²) in [5.74, 6) is 2.59. The molecule has 1 fully saturated rings. The molecule has 3 heterocycles. The van der Waals surface area contributed by atoms with Gasteiger partial charge in [0, 0.05) is 30.4 Å². The summed E-state index contributed by atoms with van der Waals surface area (Å²) in [6, 6.07) is 11.7. The minimum Gasteiger partial charge on any atom is -0.471 e. The molecule has 0 bridgehead atoms. The van der Waals surface area contributed by atoms with Crippen LogP contribution >= 0.6 is 0 Å². The summed E-state index contributed by atoms with van der Waals surface area (Å²) in [6.45, 7) is 7.22. The van der Waals surface area contributed by atoms with Crippen LogP contribution in [0.25, 0.3) is 11.5 Å². The van der Waals surface area contributed by atoms with Gasteiger partial charge in [-0.1, -0.05) is 25.1 Å². The molecular weight excluding hydrogens is 356 g/mol. The summed E-state index contributed by atoms with van der Waals surface area (Å²) < 4.78 is 17.2. The molecule has 0 atom stereocenters. The number of hydrogen-bond acceptors (Lipinski definition) is 7. The molecule has 0 aliphatic carbocycles. The monoisotopic (exact) mass is 380 g/mol. The van der Waals surface area contributed by atoms with E-state index in [1.807, 2.05) is 43.3 Å². The van der Waals surface area contributed by atoms with Gasteiger partial charge >= 0.3 is 0 Å². The molecule has 0 unspecified atom stereocenters. The lowest BCUT2D eigenvalue weighted by Crippen LogP contribution is -2.37. The van der Waals surface area contributed by atoms with Gasteiger partial charge in [-0.05, 0) is 25.5 Å². The van der Waals surface area contributed by atoms with Crippen LogP contribution < -0.4 is 9.64 Å². The van der Waals surface area contributed by atoms with E-state index in [1.165, 1.54) is 0 Å². The van der Waals surface area contributed by atoms with Crippen molar-refractivity contribution in [2.24, 2.45) is 0 Å². The van der Waals surface area contributed by atoms with Crippen LogP contribution in [-0.4, -0.2) is 41.3 Å². The maximum Gasteiger partial charge on any atom is 0.229 e. The van der Waals surface area contributed by atoms with Gasteiger partial charge in [0.25, 0.3) is 0 Å². The van der Waals surface area contributed by atoms with Crippen LogP contribution in [-0.2, 0) is 17.8 Å². The van der Waals surface area contributed by atoms with Gasteiger partial charge in [0.1, 0.15) is 18.1 Å². The van der Waals surface area contributed by atoms with Gasteiger partial charge in [0.15, 0.2) is 0 Å². The quantitative estimate of drug-likeness (QED) is 0.649. The highest BCUT2D eigenvalue weighted by atomic mass is 16.5. The highest BCUT2D eigenvalue weighted by Gasteiger charge is 2.17. The van der Waals surface area contributed by atoms with Gasteiger partial charge < -0.3 is 18.8 Å². The van der Waals surface area contributed by atoms with Gasteiger partial charge in [-0.2, -0.15) is 4.98 Å². The summed E-state index contributed by atoms with van der Waals surface area (Å²) in [5, 5.41) is 0. The van der Waals surface area contributed by atoms with E-state index in [9.17, 15) is 0 Å². The molecule has 2 aromatic heterocycles. The molecule has 1 aliphatic rings. The number of aromatic nitrogens is 3. The summed E-state index contributed by atoms with van der Waals surface area (Å²) in [7, 11) is 0. The molecule has 146 valence electrons. The fourth-order valence-corrected chi connectivity index (χ4v) is 3.03. The van der Waals surface area contributed by atoms with Crippen molar-refractivity contribution in [3.63, 3.8) is 0 Å². The minimum absolute atomic E-state index is 0.297. The van der Waals surface area contributed by atoms with Crippen molar-refractivity contribution in [3.8, 4) is 17.3 Å². The first kappa shape index (κ1) is 18.4. The summed E-state index contributed by atoms with van der Waals surface area (Å²) >= 11 is 0. The fraction of sp³-hybridized carbons (Fsp3) is 0.381. The van der Waals surface area contributed by atoms with E-state index in [0.717, 1.165) is 42.2 Å². The van der Waals surface area contributed by atoms with E-state index in [1.54, 1.807) is 0 Å². The summed E-state index contributed by atoms with van der Waals surface area (Å²) in [5.41, 5.74) is 2.67. The van der Waals surface area contributed by atoms with E-state index in [2.05, 4.69) is 26.8 Å². The van der Waals surface area contributed by atoms with Gasteiger partial charge in [-0.3, -0.25) is 0 Å². The molecule has 1 saturated heterocycles. The van der Waals surface area contributed by atoms with Crippen LogP contribution in [0.3, 0.4) is 0 Å². The number of ether oxygens (including phenoxy) is 2. The molecule has 0 spiro atoms. The van der Waals surface area contributed by atoms with Gasteiger partial charge in [-0.15, -0.1) is 0 Å². The highest BCUT2D eigenvalue weighted by molar-refractivity contribution is 5.53. The van der Waals surface area contributed by atoms with Crippen molar-refractivity contribution in [2.45, 2.75) is 26.9 Å². The highest BCUT2D eigenvalue weighted by Crippen LogP contribution is 2.23. The van der Waals surface area contributed by atoms with Crippen LogP contribution in [0.4, 0.5) is 5.95 Å². The number of oxazole rings is 1. The molecule has 28 heavy (non-hydrogen) atoms. The summed E-state index contributed by atoms with van der Waals surface area (Å²) in [6.07, 6.45) is 0.817. The molecule has 0 radical (unpaired) electrons. The van der Waals surface area contributed by atoms with Crippen molar-refractivity contribution in [1.82, 2.24) is 15.0 Å². The Balaban J connectivity index is 1.51. The van der Waals surface area contributed by atoms with Crippen molar-refractivity contribution in [2.75, 3.05) is 31.2 Å². The Bertz CT molecular complexity index is 921. The zero-order chi connectivity index (χ0) is 19.3. The first-order valence-corrected chi connectivity index (χ1v) is 9.58. The Hall–Kier alpha value is -2.93. The Labute approximate surface area is 164 Å². The lowest BCUT2D eigenvalue weighted by molar-refractivity contribution is 0.122. The van der Waals surface area contributed by atoms with E-state index in [4.69, 9.17) is 13.9 Å². The first-order valence-electron chi connectivity index (χ1n) is 9.58. The fourth-order valence-electron chi connectivity index (χ4n) is 3.03. The third kappa shape index (κ3) is 4.14. The van der Waals surface area contributed by atoms with E-state index >= 15 is 0 Å². The molecule has 1 aliphatic heterocycles. The number of morpholine rings is 1. The molecule has 0 N–H and O–H groups in total. The number of benzene rings is 1. The van der Waals surface area contributed by atoms with E-state index < -0.39 is 0 Å². The number of aryl methyl sites for hydroxylation is 2. The smallest absolute Gasteiger partial charge is 0.229 e. The molecule has 1 aromatic carbocycles. The number of rotatable bonds is 6. The molecular formula is C21H24N4O3. The number of nitrogens with zero attached hydrogens (tertiary/aromatic N) is 4. The van der Waals surface area contributed by atoms with Crippen LogP contribution in [0.2, 0.25) is 0 Å². The zero-order valence-corrected chi connectivity index (χ0v) is 16.2. The third-order valence-electron chi connectivity index (χ3n) is 4.67. The van der Waals surface area contributed by atoms with Gasteiger partial charge in [0.05, 0.1) is 13.2 Å². The number of anilines is 1. The van der Waals surface area contributed by atoms with Crippen LogP contribution in [0.5, 0.6) is 5.88 Å². The SMILES string of the molecule is CCc1cc(OCc2nc(-c3ccccc3)oc2C)nc(N2CCOCC2)n1. The Morgan fingerprint density at radius 2 is 1.86 bits per heavy atom. The Kier molecular flexibility index (Phi) is 5.53. The predicted molar refractivity (Wildman–Crippen MR) is 105 cm³/mol. The van der Waals surface area contributed by atoms with Crippen molar-refractivity contribution >= 4 is 5.95 Å². The van der Waals surface area contributed by atoms with Crippen LogP contribution in [0, 0.1) is 6.92 Å². The standard InChI is InChI=1S/C21H24N4O3/c1-3-17-13-19(24-21(22-17)25-9-11-26-12-10-25)27-14-18-15(2)28-20(23-18)16-7-5-4-6-8-16/h4-8,13H,3,9-12,14H2,1-2H3. The van der Waals surface area contributed by atoms with Gasteiger partial charge in [0.2, 0.25) is 17.7 Å². The van der Waals surface area contributed by atoms with Crippen LogP contribution in [0.15, 0.2) is 40.8 Å². The molecule has 7 nitrogen and oxygen atoms in total. The topological polar surface area (TPSA) is 73.5 Å². The van der Waals surface area contributed by atoms with E-state index in [-0.39, 0.29) is 0 Å². The Morgan fingerprint density at radius 1 is 1.07 bits per heavy atom. The molecule has 7 heteroatoms. The van der Waals surface area contributed by atoms with Gasteiger partial charge in [-0.25, -0.2) is 9.97 Å². The maximum absolute atomic E-state index is 5.96. The molecule has 0 amide bonds. The first-order chi connectivity index (χ1) is 13.7. The predicted octanol–water partition coefficient (Wildman–Crippen LogP) is 3.42. The average molecular weight is 380 g/mol. The molecule has 4 rings (SSSR count).